The Morgan fingerprint density at radius 1 is 1.23 bits per heavy atom. The minimum absolute atomic E-state index is 0.000371. The molecule has 0 aliphatic heterocycles. The topological polar surface area (TPSA) is 86.0 Å². The van der Waals surface area contributed by atoms with Crippen LogP contribution in [0.1, 0.15) is 25.7 Å². The minimum atomic E-state index is -0.451. The van der Waals surface area contributed by atoms with Crippen LogP contribution in [0, 0.1) is 5.92 Å². The Morgan fingerprint density at radius 3 is 2.59 bits per heavy atom. The summed E-state index contributed by atoms with van der Waals surface area (Å²) in [5.41, 5.74) is -0.201. The molecule has 22 heavy (non-hydrogen) atoms. The zero-order chi connectivity index (χ0) is 15.9. The molecule has 1 aliphatic carbocycles. The molecule has 7 heteroatoms. The van der Waals surface area contributed by atoms with E-state index in [0.717, 1.165) is 30.3 Å². The number of fused-ring (bicyclic) bond motifs is 1. The van der Waals surface area contributed by atoms with Crippen molar-refractivity contribution in [1.29, 1.82) is 0 Å². The molecule has 0 atom stereocenters. The van der Waals surface area contributed by atoms with Gasteiger partial charge < -0.3 is 5.32 Å². The van der Waals surface area contributed by atoms with Crippen LogP contribution in [0.25, 0.3) is 11.0 Å². The number of carbonyl (C=O) groups is 1. The lowest BCUT2D eigenvalue weighted by Gasteiger charge is -2.13. The highest BCUT2D eigenvalue weighted by atomic mass is 16.2. The molecule has 0 unspecified atom stereocenters. The largest absolute Gasteiger partial charge is 0.332 e. The fraction of sp³-hybridized carbons (Fsp3) is 0.467. The number of rotatable bonds is 2. The predicted molar refractivity (Wildman–Crippen MR) is 82.8 cm³/mol. The van der Waals surface area contributed by atoms with E-state index in [2.05, 4.69) is 10.3 Å². The summed E-state index contributed by atoms with van der Waals surface area (Å²) in [5, 5.41) is 3.10. The Bertz CT molecular complexity index is 859. The first-order valence-electron chi connectivity index (χ1n) is 7.36. The van der Waals surface area contributed by atoms with Gasteiger partial charge in [-0.2, -0.15) is 0 Å². The second-order valence-electron chi connectivity index (χ2n) is 5.73. The van der Waals surface area contributed by atoms with Gasteiger partial charge in [0, 0.05) is 26.2 Å². The Balaban J connectivity index is 2.12. The molecule has 2 aromatic heterocycles. The molecule has 2 aromatic rings. The SMILES string of the molecule is Cn1c(=O)c2c(NC(=O)C3CCCC3)ccnc2n(C)c1=O. The van der Waals surface area contributed by atoms with Crippen molar-refractivity contribution in [3.05, 3.63) is 33.1 Å². The third-order valence-electron chi connectivity index (χ3n) is 4.32. The number of pyridine rings is 1. The average molecular weight is 302 g/mol. The molecule has 0 radical (unpaired) electrons. The quantitative estimate of drug-likeness (QED) is 0.887. The number of amides is 1. The number of anilines is 1. The molecule has 0 spiro atoms. The first-order chi connectivity index (χ1) is 10.5. The summed E-state index contributed by atoms with van der Waals surface area (Å²) in [6.45, 7) is 0. The average Bonchev–Trinajstić information content (AvgIpc) is 3.05. The highest BCUT2D eigenvalue weighted by Gasteiger charge is 2.24. The zero-order valence-corrected chi connectivity index (χ0v) is 12.6. The fourth-order valence-electron chi connectivity index (χ4n) is 3.01. The van der Waals surface area contributed by atoms with Crippen LogP contribution in [-0.4, -0.2) is 20.0 Å². The van der Waals surface area contributed by atoms with Crippen LogP contribution in [0.4, 0.5) is 5.69 Å². The Morgan fingerprint density at radius 2 is 1.91 bits per heavy atom. The molecular formula is C15H18N4O3. The second-order valence-corrected chi connectivity index (χ2v) is 5.73. The molecule has 1 amide bonds. The van der Waals surface area contributed by atoms with Crippen molar-refractivity contribution in [2.75, 3.05) is 5.32 Å². The van der Waals surface area contributed by atoms with Crippen molar-refractivity contribution in [2.45, 2.75) is 25.7 Å². The van der Waals surface area contributed by atoms with Gasteiger partial charge in [0.25, 0.3) is 5.56 Å². The van der Waals surface area contributed by atoms with Crippen LogP contribution in [0.3, 0.4) is 0 Å². The van der Waals surface area contributed by atoms with E-state index in [0.29, 0.717) is 5.69 Å². The first kappa shape index (κ1) is 14.5. The summed E-state index contributed by atoms with van der Waals surface area (Å²) in [6.07, 6.45) is 5.37. The molecule has 2 heterocycles. The van der Waals surface area contributed by atoms with Gasteiger partial charge in [-0.1, -0.05) is 12.8 Å². The van der Waals surface area contributed by atoms with Gasteiger partial charge in [0.15, 0.2) is 5.65 Å². The van der Waals surface area contributed by atoms with E-state index >= 15 is 0 Å². The summed E-state index contributed by atoms with van der Waals surface area (Å²) in [4.78, 5) is 40.7. The molecular weight excluding hydrogens is 284 g/mol. The molecule has 0 saturated heterocycles. The van der Waals surface area contributed by atoms with Crippen molar-refractivity contribution in [3.8, 4) is 0 Å². The molecule has 1 aliphatic rings. The van der Waals surface area contributed by atoms with Gasteiger partial charge in [-0.15, -0.1) is 0 Å². The van der Waals surface area contributed by atoms with Crippen molar-refractivity contribution in [3.63, 3.8) is 0 Å². The van der Waals surface area contributed by atoms with Crippen LogP contribution < -0.4 is 16.6 Å². The molecule has 0 aromatic carbocycles. The van der Waals surface area contributed by atoms with Gasteiger partial charge in [-0.25, -0.2) is 9.78 Å². The van der Waals surface area contributed by atoms with E-state index in [-0.39, 0.29) is 22.9 Å². The van der Waals surface area contributed by atoms with Crippen LogP contribution in [0.5, 0.6) is 0 Å². The number of hydrogen-bond donors (Lipinski definition) is 1. The number of aromatic nitrogens is 3. The highest BCUT2D eigenvalue weighted by molar-refractivity contribution is 6.00. The molecule has 116 valence electrons. The maximum atomic E-state index is 12.4. The lowest BCUT2D eigenvalue weighted by atomic mass is 10.1. The molecule has 7 nitrogen and oxygen atoms in total. The third kappa shape index (κ3) is 2.22. The van der Waals surface area contributed by atoms with Crippen LogP contribution in [0.15, 0.2) is 21.9 Å². The first-order valence-corrected chi connectivity index (χ1v) is 7.36. The van der Waals surface area contributed by atoms with E-state index in [1.807, 2.05) is 0 Å². The maximum absolute atomic E-state index is 12.4. The minimum Gasteiger partial charge on any atom is -0.325 e. The summed E-state index contributed by atoms with van der Waals surface area (Å²) in [5.74, 6) is -0.0690. The number of nitrogens with zero attached hydrogens (tertiary/aromatic N) is 3. The highest BCUT2D eigenvalue weighted by Crippen LogP contribution is 2.26. The molecule has 0 bridgehead atoms. The Kier molecular flexibility index (Phi) is 3.56. The fourth-order valence-corrected chi connectivity index (χ4v) is 3.01. The van der Waals surface area contributed by atoms with E-state index < -0.39 is 11.2 Å². The van der Waals surface area contributed by atoms with Crippen molar-refractivity contribution < 1.29 is 4.79 Å². The van der Waals surface area contributed by atoms with E-state index in [1.165, 1.54) is 17.8 Å². The van der Waals surface area contributed by atoms with Crippen LogP contribution in [-0.2, 0) is 18.9 Å². The number of nitrogens with one attached hydrogen (secondary N) is 1. The number of carbonyl (C=O) groups excluding carboxylic acids is 1. The van der Waals surface area contributed by atoms with Gasteiger partial charge in [-0.05, 0) is 18.9 Å². The van der Waals surface area contributed by atoms with Gasteiger partial charge in [-0.3, -0.25) is 18.7 Å². The number of aryl methyl sites for hydroxylation is 1. The summed E-state index contributed by atoms with van der Waals surface area (Å²) in [6, 6.07) is 1.60. The molecule has 1 N–H and O–H groups in total. The smallest absolute Gasteiger partial charge is 0.325 e. The number of hydrogen-bond acceptors (Lipinski definition) is 4. The molecule has 1 saturated carbocycles. The Hall–Kier alpha value is -2.44. The van der Waals surface area contributed by atoms with E-state index in [4.69, 9.17) is 0 Å². The molecule has 3 rings (SSSR count). The van der Waals surface area contributed by atoms with Gasteiger partial charge in [0.05, 0.1) is 5.69 Å². The van der Waals surface area contributed by atoms with Gasteiger partial charge in [0.1, 0.15) is 5.39 Å². The van der Waals surface area contributed by atoms with Gasteiger partial charge >= 0.3 is 5.69 Å². The monoisotopic (exact) mass is 302 g/mol. The normalized spacial score (nSPS) is 15.4. The lowest BCUT2D eigenvalue weighted by molar-refractivity contribution is -0.119. The third-order valence-corrected chi connectivity index (χ3v) is 4.32. The summed E-state index contributed by atoms with van der Waals surface area (Å²) >= 11 is 0. The van der Waals surface area contributed by atoms with Gasteiger partial charge in [0.2, 0.25) is 5.91 Å². The maximum Gasteiger partial charge on any atom is 0.332 e. The Labute approximate surface area is 126 Å². The summed E-state index contributed by atoms with van der Waals surface area (Å²) in [7, 11) is 2.97. The van der Waals surface area contributed by atoms with Crippen molar-refractivity contribution in [1.82, 2.24) is 14.1 Å². The molecule has 1 fully saturated rings. The zero-order valence-electron chi connectivity index (χ0n) is 12.6. The van der Waals surface area contributed by atoms with E-state index in [9.17, 15) is 14.4 Å². The standard InChI is InChI=1S/C15H18N4O3/c1-18-12-11(14(21)19(2)15(18)22)10(7-8-16-12)17-13(20)9-5-3-4-6-9/h7-9H,3-6H2,1-2H3,(H,16,17,20). The van der Waals surface area contributed by atoms with Crippen molar-refractivity contribution >= 4 is 22.6 Å². The van der Waals surface area contributed by atoms with Crippen LogP contribution in [0.2, 0.25) is 0 Å². The lowest BCUT2D eigenvalue weighted by Crippen LogP contribution is -2.37. The summed E-state index contributed by atoms with van der Waals surface area (Å²) < 4.78 is 2.33. The second kappa shape index (κ2) is 5.40. The van der Waals surface area contributed by atoms with Crippen molar-refractivity contribution in [2.24, 2.45) is 20.0 Å². The van der Waals surface area contributed by atoms with Crippen LogP contribution >= 0.6 is 0 Å². The predicted octanol–water partition coefficient (Wildman–Crippen LogP) is 0.761. The van der Waals surface area contributed by atoms with E-state index in [1.54, 1.807) is 13.1 Å².